The van der Waals surface area contributed by atoms with Gasteiger partial charge in [-0.3, -0.25) is 4.98 Å². The molecule has 1 aromatic heterocycles. The number of pyridine rings is 1. The molecule has 0 saturated carbocycles. The van der Waals surface area contributed by atoms with Gasteiger partial charge in [0.25, 0.3) is 0 Å². The second-order valence-electron chi connectivity index (χ2n) is 6.41. The quantitative estimate of drug-likeness (QED) is 0.685. The highest BCUT2D eigenvalue weighted by atomic mass is 16.5. The number of aryl methyl sites for hydroxylation is 1. The van der Waals surface area contributed by atoms with Crippen molar-refractivity contribution >= 4 is 5.96 Å². The molecule has 0 aliphatic carbocycles. The van der Waals surface area contributed by atoms with Crippen molar-refractivity contribution in [3.8, 4) is 0 Å². The fraction of sp³-hybridized carbons (Fsp3) is 0.647. The summed E-state index contributed by atoms with van der Waals surface area (Å²) < 4.78 is 5.62. The number of guanidine groups is 1. The Morgan fingerprint density at radius 3 is 3.09 bits per heavy atom. The summed E-state index contributed by atoms with van der Waals surface area (Å²) in [6, 6.07) is 6.10. The molecule has 0 bridgehead atoms. The minimum absolute atomic E-state index is 0.359. The summed E-state index contributed by atoms with van der Waals surface area (Å²) in [6.45, 7) is 9.59. The summed E-state index contributed by atoms with van der Waals surface area (Å²) in [5.74, 6) is 1.01. The zero-order valence-corrected chi connectivity index (χ0v) is 13.6. The second kappa shape index (κ2) is 6.65. The highest BCUT2D eigenvalue weighted by Crippen LogP contribution is 2.38. The minimum atomic E-state index is 0.359. The molecule has 2 aliphatic rings. The summed E-state index contributed by atoms with van der Waals surface area (Å²) in [7, 11) is 0. The number of likely N-dealkylation sites (tertiary alicyclic amines) is 1. The topological polar surface area (TPSA) is 49.8 Å². The average Bonchev–Trinajstić information content (AvgIpc) is 3.14. The number of hydrogen-bond donors (Lipinski definition) is 1. The molecule has 3 rings (SSSR count). The van der Waals surface area contributed by atoms with Crippen LogP contribution in [0.4, 0.5) is 0 Å². The van der Waals surface area contributed by atoms with Crippen LogP contribution in [0.25, 0.3) is 0 Å². The van der Waals surface area contributed by atoms with Crippen molar-refractivity contribution in [3.63, 3.8) is 0 Å². The Morgan fingerprint density at radius 2 is 2.36 bits per heavy atom. The van der Waals surface area contributed by atoms with Crippen LogP contribution >= 0.6 is 0 Å². The van der Waals surface area contributed by atoms with Gasteiger partial charge in [-0.2, -0.15) is 0 Å². The van der Waals surface area contributed by atoms with E-state index in [4.69, 9.17) is 9.73 Å². The van der Waals surface area contributed by atoms with Crippen molar-refractivity contribution in [2.24, 2.45) is 10.4 Å². The first-order valence-electron chi connectivity index (χ1n) is 8.24. The van der Waals surface area contributed by atoms with Gasteiger partial charge >= 0.3 is 0 Å². The molecule has 1 N–H and O–H groups in total. The van der Waals surface area contributed by atoms with E-state index in [-0.39, 0.29) is 0 Å². The SMILES string of the molecule is CCNC(=NCc1cccc(C)n1)N1CCC2(CCOC2)C1. The molecule has 2 fully saturated rings. The predicted octanol–water partition coefficient (Wildman–Crippen LogP) is 1.97. The van der Waals surface area contributed by atoms with Crippen LogP contribution < -0.4 is 5.32 Å². The lowest BCUT2D eigenvalue weighted by molar-refractivity contribution is 0.156. The molecule has 5 nitrogen and oxygen atoms in total. The third-order valence-electron chi connectivity index (χ3n) is 4.59. The first-order valence-corrected chi connectivity index (χ1v) is 8.24. The minimum Gasteiger partial charge on any atom is -0.381 e. The molecule has 5 heteroatoms. The fourth-order valence-corrected chi connectivity index (χ4v) is 3.36. The van der Waals surface area contributed by atoms with E-state index >= 15 is 0 Å². The van der Waals surface area contributed by atoms with Gasteiger partial charge in [0, 0.05) is 37.4 Å². The molecule has 1 unspecified atom stereocenters. The Kier molecular flexibility index (Phi) is 4.62. The van der Waals surface area contributed by atoms with Gasteiger partial charge < -0.3 is 15.0 Å². The van der Waals surface area contributed by atoms with Crippen molar-refractivity contribution in [3.05, 3.63) is 29.6 Å². The standard InChI is InChI=1S/C17H26N4O/c1-3-18-16(19-11-15-6-4-5-14(2)20-15)21-9-7-17(12-21)8-10-22-13-17/h4-6H,3,7-13H2,1-2H3,(H,18,19). The second-order valence-corrected chi connectivity index (χ2v) is 6.41. The van der Waals surface area contributed by atoms with E-state index in [1.54, 1.807) is 0 Å². The van der Waals surface area contributed by atoms with E-state index in [9.17, 15) is 0 Å². The molecular formula is C17H26N4O. The molecule has 0 radical (unpaired) electrons. The molecular weight excluding hydrogens is 276 g/mol. The van der Waals surface area contributed by atoms with E-state index < -0.39 is 0 Å². The van der Waals surface area contributed by atoms with Gasteiger partial charge in [0.1, 0.15) is 0 Å². The number of hydrogen-bond acceptors (Lipinski definition) is 3. The van der Waals surface area contributed by atoms with Gasteiger partial charge in [0.2, 0.25) is 0 Å². The van der Waals surface area contributed by atoms with Crippen LogP contribution in [0.15, 0.2) is 23.2 Å². The van der Waals surface area contributed by atoms with Crippen LogP contribution in [0.1, 0.15) is 31.2 Å². The lowest BCUT2D eigenvalue weighted by atomic mass is 9.87. The predicted molar refractivity (Wildman–Crippen MR) is 87.8 cm³/mol. The molecule has 1 spiro atoms. The first-order chi connectivity index (χ1) is 10.7. The molecule has 1 aromatic rings. The van der Waals surface area contributed by atoms with Crippen LogP contribution in [0, 0.1) is 12.3 Å². The Hall–Kier alpha value is -1.62. The normalized spacial score (nSPS) is 25.2. The van der Waals surface area contributed by atoms with E-state index in [1.807, 2.05) is 25.1 Å². The monoisotopic (exact) mass is 302 g/mol. The van der Waals surface area contributed by atoms with Crippen LogP contribution in [0.3, 0.4) is 0 Å². The summed E-state index contributed by atoms with van der Waals surface area (Å²) in [5, 5.41) is 3.42. The molecule has 1 atom stereocenters. The molecule has 0 aromatic carbocycles. The van der Waals surface area contributed by atoms with Gasteiger partial charge in [-0.1, -0.05) is 6.07 Å². The van der Waals surface area contributed by atoms with Gasteiger partial charge in [0.15, 0.2) is 5.96 Å². The van der Waals surface area contributed by atoms with Crippen LogP contribution in [0.2, 0.25) is 0 Å². The third kappa shape index (κ3) is 3.40. The van der Waals surface area contributed by atoms with Gasteiger partial charge in [-0.05, 0) is 38.8 Å². The highest BCUT2D eigenvalue weighted by Gasteiger charge is 2.42. The number of rotatable bonds is 3. The van der Waals surface area contributed by atoms with E-state index in [1.165, 1.54) is 12.8 Å². The molecule has 3 heterocycles. The number of ether oxygens (including phenoxy) is 1. The zero-order chi connectivity index (χ0) is 15.4. The van der Waals surface area contributed by atoms with E-state index in [0.29, 0.717) is 12.0 Å². The lowest BCUT2D eigenvalue weighted by Gasteiger charge is -2.24. The summed E-state index contributed by atoms with van der Waals surface area (Å²) >= 11 is 0. The van der Waals surface area contributed by atoms with Crippen LogP contribution in [0.5, 0.6) is 0 Å². The molecule has 22 heavy (non-hydrogen) atoms. The van der Waals surface area contributed by atoms with Gasteiger partial charge in [-0.25, -0.2) is 4.99 Å². The van der Waals surface area contributed by atoms with E-state index in [0.717, 1.165) is 50.2 Å². The van der Waals surface area contributed by atoms with Crippen molar-refractivity contribution in [1.82, 2.24) is 15.2 Å². The summed E-state index contributed by atoms with van der Waals surface area (Å²) in [5.41, 5.74) is 2.42. The Morgan fingerprint density at radius 1 is 1.45 bits per heavy atom. The smallest absolute Gasteiger partial charge is 0.194 e. The Balaban J connectivity index is 1.68. The fourth-order valence-electron chi connectivity index (χ4n) is 3.36. The van der Waals surface area contributed by atoms with Crippen molar-refractivity contribution < 1.29 is 4.74 Å². The highest BCUT2D eigenvalue weighted by molar-refractivity contribution is 5.80. The zero-order valence-electron chi connectivity index (χ0n) is 13.6. The van der Waals surface area contributed by atoms with Crippen LogP contribution in [-0.2, 0) is 11.3 Å². The first kappa shape index (κ1) is 15.3. The summed E-state index contributed by atoms with van der Waals surface area (Å²) in [4.78, 5) is 11.7. The third-order valence-corrected chi connectivity index (χ3v) is 4.59. The largest absolute Gasteiger partial charge is 0.381 e. The van der Waals surface area contributed by atoms with E-state index in [2.05, 4.69) is 22.1 Å². The molecule has 2 saturated heterocycles. The lowest BCUT2D eigenvalue weighted by Crippen LogP contribution is -2.41. The maximum Gasteiger partial charge on any atom is 0.194 e. The van der Waals surface area contributed by atoms with Gasteiger partial charge in [0.05, 0.1) is 18.8 Å². The molecule has 0 amide bonds. The Bertz CT molecular complexity index is 537. The number of aliphatic imine (C=N–C) groups is 1. The molecule has 2 aliphatic heterocycles. The maximum absolute atomic E-state index is 5.62. The van der Waals surface area contributed by atoms with Crippen LogP contribution in [-0.4, -0.2) is 48.7 Å². The van der Waals surface area contributed by atoms with Crippen molar-refractivity contribution in [2.75, 3.05) is 32.8 Å². The molecule has 120 valence electrons. The summed E-state index contributed by atoms with van der Waals surface area (Å²) in [6.07, 6.45) is 2.39. The Labute approximate surface area is 132 Å². The number of nitrogens with zero attached hydrogens (tertiary/aromatic N) is 3. The van der Waals surface area contributed by atoms with Gasteiger partial charge in [-0.15, -0.1) is 0 Å². The average molecular weight is 302 g/mol. The maximum atomic E-state index is 5.62. The van der Waals surface area contributed by atoms with Crippen molar-refractivity contribution in [2.45, 2.75) is 33.2 Å². The van der Waals surface area contributed by atoms with Crippen molar-refractivity contribution in [1.29, 1.82) is 0 Å². The number of nitrogens with one attached hydrogen (secondary N) is 1. The number of aromatic nitrogens is 1.